The highest BCUT2D eigenvalue weighted by atomic mass is 16.6. The zero-order valence-electron chi connectivity index (χ0n) is 18.5. The summed E-state index contributed by atoms with van der Waals surface area (Å²) >= 11 is 0. The third kappa shape index (κ3) is 4.51. The Balaban J connectivity index is 1.40. The molecule has 33 heavy (non-hydrogen) atoms. The van der Waals surface area contributed by atoms with E-state index in [1.54, 1.807) is 0 Å². The summed E-state index contributed by atoms with van der Waals surface area (Å²) in [6, 6.07) is 8.18. The number of hydrogen-bond donors (Lipinski definition) is 2. The highest BCUT2D eigenvalue weighted by molar-refractivity contribution is 5.66. The number of hydroxylamine groups is 1. The molecule has 172 valence electrons. The molecular formula is C26H29N3O4. The molecule has 0 radical (unpaired) electrons. The van der Waals surface area contributed by atoms with E-state index in [1.165, 1.54) is 16.7 Å². The van der Waals surface area contributed by atoms with Crippen LogP contribution in [0.4, 0.5) is 0 Å². The minimum absolute atomic E-state index is 0.0105. The van der Waals surface area contributed by atoms with E-state index in [0.717, 1.165) is 30.8 Å². The number of allylic oxidation sites excluding steroid dienone is 3. The van der Waals surface area contributed by atoms with Crippen LogP contribution in [0.2, 0.25) is 0 Å². The first-order chi connectivity index (χ1) is 16.2. The van der Waals surface area contributed by atoms with Crippen molar-refractivity contribution in [1.29, 1.82) is 0 Å². The number of ether oxygens (including phenoxy) is 1. The Kier molecular flexibility index (Phi) is 6.41. The molecule has 0 fully saturated rings. The number of imidazole rings is 1. The van der Waals surface area contributed by atoms with Crippen molar-refractivity contribution in [3.63, 3.8) is 0 Å². The maximum atomic E-state index is 10.8. The molecule has 5 rings (SSSR count). The molecule has 1 aliphatic heterocycles. The van der Waals surface area contributed by atoms with Crippen molar-refractivity contribution in [2.45, 2.75) is 50.6 Å². The van der Waals surface area contributed by atoms with Gasteiger partial charge in [-0.25, -0.2) is 4.98 Å². The number of aromatic nitrogens is 2. The number of benzene rings is 1. The molecule has 2 heterocycles. The first kappa shape index (κ1) is 21.7. The maximum Gasteiger partial charge on any atom is 0.303 e. The zero-order chi connectivity index (χ0) is 22.6. The van der Waals surface area contributed by atoms with Gasteiger partial charge in [-0.05, 0) is 61.0 Å². The molecule has 0 saturated carbocycles. The van der Waals surface area contributed by atoms with E-state index in [9.17, 15) is 4.79 Å². The molecule has 1 aromatic carbocycles. The van der Waals surface area contributed by atoms with Crippen molar-refractivity contribution >= 4 is 5.97 Å². The number of unbranched alkanes of at least 4 members (excludes halogenated alkanes) is 1. The third-order valence-corrected chi connectivity index (χ3v) is 6.62. The zero-order valence-corrected chi connectivity index (χ0v) is 18.5. The molecule has 1 aromatic heterocycles. The summed E-state index contributed by atoms with van der Waals surface area (Å²) < 4.78 is 8.59. The van der Waals surface area contributed by atoms with Crippen LogP contribution in [0.25, 0.3) is 0 Å². The number of para-hydroxylation sites is 1. The minimum Gasteiger partial charge on any atom is -0.481 e. The normalized spacial score (nSPS) is 23.6. The van der Waals surface area contributed by atoms with E-state index in [0.29, 0.717) is 19.4 Å². The lowest BCUT2D eigenvalue weighted by Crippen LogP contribution is -2.42. The Morgan fingerprint density at radius 1 is 1.30 bits per heavy atom. The molecule has 2 N–H and O–H groups in total. The van der Waals surface area contributed by atoms with Crippen molar-refractivity contribution in [3.8, 4) is 5.75 Å². The number of aliphatic carboxylic acids is 1. The van der Waals surface area contributed by atoms with E-state index >= 15 is 0 Å². The van der Waals surface area contributed by atoms with Gasteiger partial charge in [-0.2, -0.15) is 5.48 Å². The molecule has 7 heteroatoms. The quantitative estimate of drug-likeness (QED) is 0.439. The largest absolute Gasteiger partial charge is 0.481 e. The highest BCUT2D eigenvalue weighted by Gasteiger charge is 2.46. The summed E-state index contributed by atoms with van der Waals surface area (Å²) in [5.74, 6) is 1.10. The van der Waals surface area contributed by atoms with Crippen LogP contribution in [0.1, 0.15) is 43.7 Å². The monoisotopic (exact) mass is 447 g/mol. The summed E-state index contributed by atoms with van der Waals surface area (Å²) in [7, 11) is 0. The van der Waals surface area contributed by atoms with Crippen LogP contribution in [-0.4, -0.2) is 33.3 Å². The lowest BCUT2D eigenvalue weighted by Gasteiger charge is -2.31. The van der Waals surface area contributed by atoms with Crippen molar-refractivity contribution in [3.05, 3.63) is 83.7 Å². The second-order valence-corrected chi connectivity index (χ2v) is 8.72. The molecular weight excluding hydrogens is 418 g/mol. The average Bonchev–Trinajstić information content (AvgIpc) is 3.46. The smallest absolute Gasteiger partial charge is 0.303 e. The van der Waals surface area contributed by atoms with E-state index in [-0.39, 0.29) is 24.4 Å². The van der Waals surface area contributed by atoms with Crippen molar-refractivity contribution in [1.82, 2.24) is 15.0 Å². The molecule has 2 aliphatic carbocycles. The highest BCUT2D eigenvalue weighted by Crippen LogP contribution is 2.48. The lowest BCUT2D eigenvalue weighted by molar-refractivity contribution is -0.137. The Bertz CT molecular complexity index is 1090. The van der Waals surface area contributed by atoms with Crippen LogP contribution in [0.5, 0.6) is 5.75 Å². The second-order valence-electron chi connectivity index (χ2n) is 8.72. The molecule has 3 atom stereocenters. The van der Waals surface area contributed by atoms with Crippen molar-refractivity contribution < 1.29 is 19.5 Å². The molecule has 7 nitrogen and oxygen atoms in total. The van der Waals surface area contributed by atoms with Gasteiger partial charge in [0.2, 0.25) is 0 Å². The number of fused-ring (bicyclic) bond motifs is 1. The molecule has 0 amide bonds. The van der Waals surface area contributed by atoms with Gasteiger partial charge in [-0.3, -0.25) is 4.79 Å². The predicted octanol–water partition coefficient (Wildman–Crippen LogP) is 4.36. The standard InChI is InChI=1S/C26H29N3O4/c30-23(31)11-5-6-16-32-28-25-24(22-13-12-18-7-1-4-10-21(18)33-22)19-8-2-3-9-20(19)26(25)29-15-14-27-17-29/h1-2,4,7-8,10,13-15,17,24-26,28H,3,5-6,9,11-12,16H2,(H,30,31). The van der Waals surface area contributed by atoms with Gasteiger partial charge >= 0.3 is 5.97 Å². The van der Waals surface area contributed by atoms with Crippen LogP contribution >= 0.6 is 0 Å². The van der Waals surface area contributed by atoms with Crippen LogP contribution in [0.3, 0.4) is 0 Å². The summed E-state index contributed by atoms with van der Waals surface area (Å²) in [6.07, 6.45) is 16.6. The molecule has 2 aromatic rings. The van der Waals surface area contributed by atoms with Crippen molar-refractivity contribution in [2.24, 2.45) is 5.92 Å². The van der Waals surface area contributed by atoms with Gasteiger partial charge in [0.25, 0.3) is 0 Å². The van der Waals surface area contributed by atoms with Gasteiger partial charge in [0, 0.05) is 18.8 Å². The first-order valence-corrected chi connectivity index (χ1v) is 11.6. The topological polar surface area (TPSA) is 85.6 Å². The summed E-state index contributed by atoms with van der Waals surface area (Å²) in [6.45, 7) is 0.455. The van der Waals surface area contributed by atoms with Crippen LogP contribution < -0.4 is 10.2 Å². The average molecular weight is 448 g/mol. The maximum absolute atomic E-state index is 10.8. The Morgan fingerprint density at radius 3 is 3.06 bits per heavy atom. The van der Waals surface area contributed by atoms with E-state index in [2.05, 4.69) is 39.3 Å². The third-order valence-electron chi connectivity index (χ3n) is 6.62. The van der Waals surface area contributed by atoms with Crippen LogP contribution in [0, 0.1) is 5.92 Å². The molecule has 0 spiro atoms. The fourth-order valence-corrected chi connectivity index (χ4v) is 5.12. The number of carboxylic acid groups (broad SMARTS) is 1. The number of rotatable bonds is 9. The summed E-state index contributed by atoms with van der Waals surface area (Å²) in [5, 5.41) is 8.85. The first-order valence-electron chi connectivity index (χ1n) is 11.6. The van der Waals surface area contributed by atoms with Gasteiger partial charge in [0.15, 0.2) is 0 Å². The number of nitrogens with one attached hydrogen (secondary N) is 1. The number of carbonyl (C=O) groups is 1. The van der Waals surface area contributed by atoms with Gasteiger partial charge in [-0.1, -0.05) is 30.4 Å². The lowest BCUT2D eigenvalue weighted by atomic mass is 9.90. The fourth-order valence-electron chi connectivity index (χ4n) is 5.12. The van der Waals surface area contributed by atoms with Crippen LogP contribution in [-0.2, 0) is 16.1 Å². The van der Waals surface area contributed by atoms with E-state index < -0.39 is 5.97 Å². The van der Waals surface area contributed by atoms with Gasteiger partial charge in [0.1, 0.15) is 11.5 Å². The molecule has 3 unspecified atom stereocenters. The minimum atomic E-state index is -0.774. The molecule has 0 saturated heterocycles. The van der Waals surface area contributed by atoms with Crippen molar-refractivity contribution in [2.75, 3.05) is 6.61 Å². The molecule has 0 bridgehead atoms. The Hall–Kier alpha value is -3.16. The Labute approximate surface area is 193 Å². The van der Waals surface area contributed by atoms with Gasteiger partial charge < -0.3 is 19.2 Å². The summed E-state index contributed by atoms with van der Waals surface area (Å²) in [4.78, 5) is 21.0. The van der Waals surface area contributed by atoms with Crippen LogP contribution in [0.15, 0.2) is 78.1 Å². The van der Waals surface area contributed by atoms with E-state index in [4.69, 9.17) is 14.7 Å². The molecule has 3 aliphatic rings. The Morgan fingerprint density at radius 2 is 2.21 bits per heavy atom. The fraction of sp³-hybridized carbons (Fsp3) is 0.385. The van der Waals surface area contributed by atoms with E-state index in [1.807, 2.05) is 36.9 Å². The van der Waals surface area contributed by atoms with Gasteiger partial charge in [0.05, 0.1) is 30.9 Å². The summed E-state index contributed by atoms with van der Waals surface area (Å²) in [5.41, 5.74) is 7.21. The number of carboxylic acids is 1. The second kappa shape index (κ2) is 9.77. The SMILES string of the molecule is O=C(O)CCCCONC1C(C2=CCc3ccccc3O2)C2=C(CCC=C2)C1n1ccnc1. The predicted molar refractivity (Wildman–Crippen MR) is 123 cm³/mol. The number of nitrogens with zero attached hydrogens (tertiary/aromatic N) is 2. The number of hydrogen-bond acceptors (Lipinski definition) is 5. The van der Waals surface area contributed by atoms with Gasteiger partial charge in [-0.15, -0.1) is 0 Å².